The number of aromatic nitrogens is 2. The molecule has 0 atom stereocenters. The number of fused-ring (bicyclic) bond motifs is 2. The summed E-state index contributed by atoms with van der Waals surface area (Å²) in [5, 5.41) is 12.4. The number of carbonyl (C=O) groups is 3. The first-order valence-electron chi connectivity index (χ1n) is 18.8. The van der Waals surface area contributed by atoms with E-state index in [2.05, 4.69) is 15.2 Å². The molecule has 13 heteroatoms. The number of rotatable bonds is 10. The van der Waals surface area contributed by atoms with E-state index in [1.165, 1.54) is 11.3 Å². The zero-order valence-electron chi connectivity index (χ0n) is 31.7. The number of hydrogen-bond donors (Lipinski definition) is 2. The second-order valence-electron chi connectivity index (χ2n) is 15.5. The van der Waals surface area contributed by atoms with Gasteiger partial charge in [-0.05, 0) is 124 Å². The van der Waals surface area contributed by atoms with Gasteiger partial charge in [-0.3, -0.25) is 10.1 Å². The highest BCUT2D eigenvalue weighted by atomic mass is 32.1. The molecule has 0 radical (unpaired) electrons. The summed E-state index contributed by atoms with van der Waals surface area (Å²) in [6, 6.07) is 22.8. The van der Waals surface area contributed by atoms with Gasteiger partial charge < -0.3 is 19.5 Å². The lowest BCUT2D eigenvalue weighted by molar-refractivity contribution is -0.167. The predicted molar refractivity (Wildman–Crippen MR) is 212 cm³/mol. The van der Waals surface area contributed by atoms with Crippen molar-refractivity contribution in [3.05, 3.63) is 101 Å². The number of halogens is 2. The summed E-state index contributed by atoms with van der Waals surface area (Å²) in [6.45, 7) is 8.32. The summed E-state index contributed by atoms with van der Waals surface area (Å²) >= 11 is 1.42. The maximum Gasteiger partial charge on any atom is 0.374 e. The van der Waals surface area contributed by atoms with Crippen LogP contribution < -0.4 is 15.0 Å². The summed E-state index contributed by atoms with van der Waals surface area (Å²) in [4.78, 5) is 50.0. The summed E-state index contributed by atoms with van der Waals surface area (Å²) in [6.07, 6.45) is 1.70. The third-order valence-corrected chi connectivity index (χ3v) is 11.3. The number of para-hydroxylation sites is 1. The quantitative estimate of drug-likeness (QED) is 0.133. The molecule has 1 fully saturated rings. The number of carboxylic acid groups (broad SMARTS) is 1. The minimum absolute atomic E-state index is 0.144. The van der Waals surface area contributed by atoms with Crippen LogP contribution >= 0.6 is 11.3 Å². The molecule has 3 heterocycles. The number of nitrogens with one attached hydrogen (secondary N) is 1. The number of benzene rings is 3. The zero-order chi connectivity index (χ0) is 39.8. The van der Waals surface area contributed by atoms with Crippen molar-refractivity contribution in [2.75, 3.05) is 16.8 Å². The van der Waals surface area contributed by atoms with E-state index < -0.39 is 35.8 Å². The highest BCUT2D eigenvalue weighted by molar-refractivity contribution is 7.22. The fourth-order valence-electron chi connectivity index (χ4n) is 7.52. The Morgan fingerprint density at radius 3 is 2.41 bits per heavy atom. The number of thiazole rings is 1. The number of esters is 1. The fraction of sp³-hybridized carbons (Fsp3) is 0.372. The summed E-state index contributed by atoms with van der Waals surface area (Å²) in [5.41, 5.74) is 4.77. The third kappa shape index (κ3) is 8.52. The zero-order valence-corrected chi connectivity index (χ0v) is 32.6. The van der Waals surface area contributed by atoms with Crippen molar-refractivity contribution < 1.29 is 37.7 Å². The highest BCUT2D eigenvalue weighted by Crippen LogP contribution is 2.39. The molecule has 0 saturated heterocycles. The minimum atomic E-state index is -3.74. The van der Waals surface area contributed by atoms with Gasteiger partial charge in [0.15, 0.2) is 10.8 Å². The largest absolute Gasteiger partial charge is 0.490 e. The van der Waals surface area contributed by atoms with Gasteiger partial charge in [0, 0.05) is 30.6 Å². The Labute approximate surface area is 327 Å². The standard InChI is InChI=1S/C43H44F2N4O6S/c1-25-29(10-8-13-34(25)54-28-17-15-26(16-18-28)23-43(44,45)40(52)53)30-19-20-36(47-37(30)39(51)55-42(2,3)4)49-22-21-27-9-7-11-31(32(27)24-49)38(50)48-41-46-33-12-5-6-14-35(33)56-41/h5-14,19-20,26,28H,15-18,21-24H2,1-4H3,(H,52,53)(H,46,48,50). The number of carbonyl (C=O) groups excluding carboxylic acids is 2. The van der Waals surface area contributed by atoms with Crippen molar-refractivity contribution in [1.82, 2.24) is 9.97 Å². The number of hydrogen-bond acceptors (Lipinski definition) is 9. The topological polar surface area (TPSA) is 131 Å². The molecule has 2 aliphatic rings. The van der Waals surface area contributed by atoms with Gasteiger partial charge in [0.1, 0.15) is 17.2 Å². The van der Waals surface area contributed by atoms with Crippen LogP contribution in [0.15, 0.2) is 72.8 Å². The highest BCUT2D eigenvalue weighted by Gasteiger charge is 2.42. The van der Waals surface area contributed by atoms with E-state index in [0.29, 0.717) is 73.0 Å². The molecule has 5 aromatic rings. The van der Waals surface area contributed by atoms with Crippen LogP contribution in [0.25, 0.3) is 21.3 Å². The number of amides is 1. The van der Waals surface area contributed by atoms with Gasteiger partial charge in [-0.15, -0.1) is 0 Å². The number of anilines is 2. The van der Waals surface area contributed by atoms with Crippen LogP contribution in [-0.2, 0) is 22.5 Å². The second kappa shape index (κ2) is 15.6. The second-order valence-corrected chi connectivity index (χ2v) is 16.6. The number of nitrogens with zero attached hydrogens (tertiary/aromatic N) is 3. The molecule has 1 aliphatic heterocycles. The van der Waals surface area contributed by atoms with Crippen molar-refractivity contribution >= 4 is 50.3 Å². The molecule has 7 rings (SSSR count). The smallest absolute Gasteiger partial charge is 0.374 e. The predicted octanol–water partition coefficient (Wildman–Crippen LogP) is 9.48. The Balaban J connectivity index is 1.13. The van der Waals surface area contributed by atoms with E-state index in [9.17, 15) is 23.2 Å². The van der Waals surface area contributed by atoms with E-state index in [-0.39, 0.29) is 17.7 Å². The molecule has 1 saturated carbocycles. The molecular weight excluding hydrogens is 739 g/mol. The maximum absolute atomic E-state index is 13.9. The van der Waals surface area contributed by atoms with E-state index >= 15 is 0 Å². The van der Waals surface area contributed by atoms with Crippen molar-refractivity contribution in [3.8, 4) is 16.9 Å². The van der Waals surface area contributed by atoms with E-state index in [1.54, 1.807) is 20.8 Å². The van der Waals surface area contributed by atoms with Crippen LogP contribution in [0.5, 0.6) is 5.75 Å². The lowest BCUT2D eigenvalue weighted by Crippen LogP contribution is -2.33. The molecule has 2 aromatic heterocycles. The van der Waals surface area contributed by atoms with E-state index in [0.717, 1.165) is 32.5 Å². The van der Waals surface area contributed by atoms with Gasteiger partial charge in [-0.25, -0.2) is 19.6 Å². The van der Waals surface area contributed by atoms with Crippen LogP contribution in [0.4, 0.5) is 19.7 Å². The summed E-state index contributed by atoms with van der Waals surface area (Å²) in [7, 11) is 0. The molecular formula is C43H44F2N4O6S. The molecule has 0 bridgehead atoms. The van der Waals surface area contributed by atoms with Crippen molar-refractivity contribution in [3.63, 3.8) is 0 Å². The van der Waals surface area contributed by atoms with E-state index in [4.69, 9.17) is 19.6 Å². The molecule has 2 N–H and O–H groups in total. The Kier molecular flexibility index (Phi) is 10.8. The van der Waals surface area contributed by atoms with Gasteiger partial charge in [-0.2, -0.15) is 8.78 Å². The lowest BCUT2D eigenvalue weighted by Gasteiger charge is -2.32. The average Bonchev–Trinajstić information content (AvgIpc) is 3.57. The Morgan fingerprint density at radius 2 is 1.68 bits per heavy atom. The SMILES string of the molecule is Cc1c(OC2CCC(CC(F)(F)C(=O)O)CC2)cccc1-c1ccc(N2CCc3cccc(C(=O)Nc4nc5ccccc5s4)c3C2)nc1C(=O)OC(C)(C)C. The first kappa shape index (κ1) is 38.8. The normalized spacial score (nSPS) is 17.3. The monoisotopic (exact) mass is 782 g/mol. The molecule has 3 aromatic carbocycles. The minimum Gasteiger partial charge on any atom is -0.490 e. The fourth-order valence-corrected chi connectivity index (χ4v) is 8.38. The van der Waals surface area contributed by atoms with Crippen molar-refractivity contribution in [1.29, 1.82) is 0 Å². The third-order valence-electron chi connectivity index (χ3n) is 10.3. The summed E-state index contributed by atoms with van der Waals surface area (Å²) < 4.78 is 41.0. The Morgan fingerprint density at radius 1 is 0.929 bits per heavy atom. The Bertz CT molecular complexity index is 2260. The van der Waals surface area contributed by atoms with Crippen LogP contribution in [0.2, 0.25) is 0 Å². The molecule has 0 unspecified atom stereocenters. The molecule has 56 heavy (non-hydrogen) atoms. The lowest BCUT2D eigenvalue weighted by atomic mass is 9.83. The Hall–Kier alpha value is -5.43. The van der Waals surface area contributed by atoms with Crippen LogP contribution in [-0.4, -0.2) is 57.1 Å². The van der Waals surface area contributed by atoms with Gasteiger partial charge in [-0.1, -0.05) is 47.7 Å². The van der Waals surface area contributed by atoms with Crippen LogP contribution in [0, 0.1) is 12.8 Å². The van der Waals surface area contributed by atoms with Crippen LogP contribution in [0.3, 0.4) is 0 Å². The van der Waals surface area contributed by atoms with Crippen molar-refractivity contribution in [2.24, 2.45) is 5.92 Å². The van der Waals surface area contributed by atoms with Gasteiger partial charge in [0.2, 0.25) is 0 Å². The van der Waals surface area contributed by atoms with E-state index in [1.807, 2.05) is 79.7 Å². The average molecular weight is 783 g/mol. The number of pyridine rings is 1. The molecule has 1 aliphatic carbocycles. The van der Waals surface area contributed by atoms with Gasteiger partial charge in [0.25, 0.3) is 5.91 Å². The van der Waals surface area contributed by atoms with Gasteiger partial charge >= 0.3 is 17.9 Å². The maximum atomic E-state index is 13.9. The number of aliphatic carboxylic acids is 1. The summed E-state index contributed by atoms with van der Waals surface area (Å²) in [5.74, 6) is -5.88. The first-order valence-corrected chi connectivity index (χ1v) is 19.6. The molecule has 292 valence electrons. The first-order chi connectivity index (χ1) is 26.6. The molecule has 0 spiro atoms. The number of ether oxygens (including phenoxy) is 2. The van der Waals surface area contributed by atoms with Crippen LogP contribution in [0.1, 0.15) is 90.4 Å². The van der Waals surface area contributed by atoms with Crippen molar-refractivity contribution in [2.45, 2.75) is 90.4 Å². The number of carboxylic acids is 1. The molecule has 10 nitrogen and oxygen atoms in total. The molecule has 1 amide bonds. The van der Waals surface area contributed by atoms with Gasteiger partial charge in [0.05, 0.1) is 16.3 Å². The number of alkyl halides is 2.